The van der Waals surface area contributed by atoms with Crippen molar-refractivity contribution in [2.24, 2.45) is 0 Å². The van der Waals surface area contributed by atoms with Crippen LogP contribution in [0.1, 0.15) is 33.6 Å². The van der Waals surface area contributed by atoms with Crippen LogP contribution in [-0.2, 0) is 24.2 Å². The van der Waals surface area contributed by atoms with Gasteiger partial charge in [0.05, 0.1) is 0 Å². The van der Waals surface area contributed by atoms with E-state index in [1.54, 1.807) is 12.1 Å². The van der Waals surface area contributed by atoms with Crippen LogP contribution in [0.15, 0.2) is 41.8 Å². The molecule has 0 aliphatic carbocycles. The number of benzene rings is 2. The Balaban J connectivity index is 1.42. The van der Waals surface area contributed by atoms with Crippen LogP contribution in [0, 0.1) is 13.8 Å². The van der Waals surface area contributed by atoms with Crippen LogP contribution in [0.25, 0.3) is 0 Å². The van der Waals surface area contributed by atoms with Gasteiger partial charge in [0, 0.05) is 45.8 Å². The number of anilines is 2. The zero-order valence-electron chi connectivity index (χ0n) is 17.1. The van der Waals surface area contributed by atoms with Crippen molar-refractivity contribution in [2.75, 3.05) is 16.8 Å². The maximum Gasteiger partial charge on any atom is 0.224 e. The smallest absolute Gasteiger partial charge is 0.224 e. The molecular weight excluding hydrogens is 435 g/mol. The van der Waals surface area contributed by atoms with E-state index in [9.17, 15) is 4.79 Å². The van der Waals surface area contributed by atoms with E-state index in [4.69, 9.17) is 23.2 Å². The van der Waals surface area contributed by atoms with E-state index in [1.165, 1.54) is 16.1 Å². The molecule has 1 aliphatic heterocycles. The van der Waals surface area contributed by atoms with Crippen molar-refractivity contribution in [1.82, 2.24) is 0 Å². The Morgan fingerprint density at radius 3 is 2.63 bits per heavy atom. The standard InChI is InChI=1S/C24H24Cl2N2OS/c1-15-11-20(28-9-7-22-18(14-28)8-10-30-22)12-16(2)24(15)27-23(29)6-4-17-3-5-19(25)13-21(17)26/h3,5,8,10-13H,4,6-7,9,14H2,1-2H3,(H,27,29). The minimum atomic E-state index is -0.0131. The molecule has 30 heavy (non-hydrogen) atoms. The summed E-state index contributed by atoms with van der Waals surface area (Å²) in [6, 6.07) is 12.0. The molecule has 3 nitrogen and oxygen atoms in total. The molecule has 1 N–H and O–H groups in total. The first-order valence-corrected chi connectivity index (χ1v) is 11.7. The second-order valence-corrected chi connectivity index (χ2v) is 9.62. The van der Waals surface area contributed by atoms with E-state index in [0.29, 0.717) is 22.9 Å². The molecule has 3 aromatic rings. The molecule has 2 aromatic carbocycles. The molecule has 0 saturated carbocycles. The first-order chi connectivity index (χ1) is 14.4. The molecule has 1 aliphatic rings. The summed E-state index contributed by atoms with van der Waals surface area (Å²) in [7, 11) is 0. The quantitative estimate of drug-likeness (QED) is 0.455. The number of rotatable bonds is 5. The van der Waals surface area contributed by atoms with Gasteiger partial charge in [0.2, 0.25) is 5.91 Å². The number of hydrogen-bond acceptors (Lipinski definition) is 3. The van der Waals surface area contributed by atoms with Crippen molar-refractivity contribution in [2.45, 2.75) is 39.7 Å². The molecule has 0 radical (unpaired) electrons. The predicted molar refractivity (Wildman–Crippen MR) is 128 cm³/mol. The van der Waals surface area contributed by atoms with Gasteiger partial charge in [0.1, 0.15) is 0 Å². The van der Waals surface area contributed by atoms with E-state index in [1.807, 2.05) is 17.4 Å². The van der Waals surface area contributed by atoms with E-state index in [0.717, 1.165) is 41.9 Å². The second kappa shape index (κ2) is 9.01. The molecule has 0 spiro atoms. The lowest BCUT2D eigenvalue weighted by Crippen LogP contribution is -2.29. The first-order valence-electron chi connectivity index (χ1n) is 10.1. The van der Waals surface area contributed by atoms with Gasteiger partial charge in [-0.3, -0.25) is 4.79 Å². The average Bonchev–Trinajstić information content (AvgIpc) is 3.17. The summed E-state index contributed by atoms with van der Waals surface area (Å²) in [5, 5.41) is 6.48. The number of aryl methyl sites for hydroxylation is 3. The molecule has 0 bridgehead atoms. The Hall–Kier alpha value is -2.01. The maximum atomic E-state index is 12.6. The summed E-state index contributed by atoms with van der Waals surface area (Å²) in [5.74, 6) is -0.0131. The average molecular weight is 459 g/mol. The second-order valence-electron chi connectivity index (χ2n) is 7.78. The molecule has 1 aromatic heterocycles. The van der Waals surface area contributed by atoms with Crippen molar-refractivity contribution in [3.05, 3.63) is 79.0 Å². The minimum Gasteiger partial charge on any atom is -0.367 e. The highest BCUT2D eigenvalue weighted by Crippen LogP contribution is 2.32. The minimum absolute atomic E-state index is 0.0131. The van der Waals surface area contributed by atoms with Crippen LogP contribution in [0.4, 0.5) is 11.4 Å². The van der Waals surface area contributed by atoms with Gasteiger partial charge in [0.15, 0.2) is 0 Å². The fraction of sp³-hybridized carbons (Fsp3) is 0.292. The normalized spacial score (nSPS) is 13.3. The van der Waals surface area contributed by atoms with Crippen LogP contribution in [0.5, 0.6) is 0 Å². The zero-order chi connectivity index (χ0) is 21.3. The van der Waals surface area contributed by atoms with Crippen molar-refractivity contribution < 1.29 is 4.79 Å². The Morgan fingerprint density at radius 2 is 1.90 bits per heavy atom. The Labute approximate surface area is 191 Å². The molecule has 6 heteroatoms. The lowest BCUT2D eigenvalue weighted by atomic mass is 10.0. The number of nitrogens with zero attached hydrogens (tertiary/aromatic N) is 1. The highest BCUT2D eigenvalue weighted by atomic mass is 35.5. The summed E-state index contributed by atoms with van der Waals surface area (Å²) < 4.78 is 0. The topological polar surface area (TPSA) is 32.3 Å². The number of carbonyl (C=O) groups is 1. The number of thiophene rings is 1. The van der Waals surface area contributed by atoms with Gasteiger partial charge < -0.3 is 10.2 Å². The summed E-state index contributed by atoms with van der Waals surface area (Å²) in [4.78, 5) is 16.5. The van der Waals surface area contributed by atoms with Crippen LogP contribution in [-0.4, -0.2) is 12.5 Å². The number of fused-ring (bicyclic) bond motifs is 1. The number of halogens is 2. The molecule has 2 heterocycles. The Bertz CT molecular complexity index is 1070. The van der Waals surface area contributed by atoms with Gasteiger partial charge in [-0.05, 0) is 84.7 Å². The number of nitrogens with one attached hydrogen (secondary N) is 1. The summed E-state index contributed by atoms with van der Waals surface area (Å²) >= 11 is 14.0. The van der Waals surface area contributed by atoms with E-state index >= 15 is 0 Å². The van der Waals surface area contributed by atoms with Crippen molar-refractivity contribution >= 4 is 51.8 Å². The fourth-order valence-corrected chi connectivity index (χ4v) is 5.36. The van der Waals surface area contributed by atoms with Crippen LogP contribution in [0.2, 0.25) is 10.0 Å². The summed E-state index contributed by atoms with van der Waals surface area (Å²) in [5.41, 5.74) is 6.64. The molecule has 0 atom stereocenters. The predicted octanol–water partition coefficient (Wildman–Crippen LogP) is 6.81. The monoisotopic (exact) mass is 458 g/mol. The van der Waals surface area contributed by atoms with Gasteiger partial charge in [-0.25, -0.2) is 0 Å². The van der Waals surface area contributed by atoms with Crippen molar-refractivity contribution in [1.29, 1.82) is 0 Å². The van der Waals surface area contributed by atoms with E-state index < -0.39 is 0 Å². The van der Waals surface area contributed by atoms with Gasteiger partial charge in [-0.1, -0.05) is 29.3 Å². The third-order valence-corrected chi connectivity index (χ3v) is 7.20. The lowest BCUT2D eigenvalue weighted by molar-refractivity contribution is -0.116. The van der Waals surface area contributed by atoms with Gasteiger partial charge >= 0.3 is 0 Å². The van der Waals surface area contributed by atoms with Crippen molar-refractivity contribution in [3.63, 3.8) is 0 Å². The van der Waals surface area contributed by atoms with E-state index in [-0.39, 0.29) is 5.91 Å². The molecule has 4 rings (SSSR count). The van der Waals surface area contributed by atoms with Crippen LogP contribution >= 0.6 is 34.5 Å². The maximum absolute atomic E-state index is 12.6. The van der Waals surface area contributed by atoms with Gasteiger partial charge in [-0.15, -0.1) is 11.3 Å². The Morgan fingerprint density at radius 1 is 1.13 bits per heavy atom. The highest BCUT2D eigenvalue weighted by molar-refractivity contribution is 7.10. The van der Waals surface area contributed by atoms with Crippen molar-refractivity contribution in [3.8, 4) is 0 Å². The SMILES string of the molecule is Cc1cc(N2CCc3sccc3C2)cc(C)c1NC(=O)CCc1ccc(Cl)cc1Cl. The Kier molecular flexibility index (Phi) is 6.37. The number of hydrogen-bond donors (Lipinski definition) is 1. The fourth-order valence-electron chi connectivity index (χ4n) is 3.96. The molecule has 0 unspecified atom stereocenters. The summed E-state index contributed by atoms with van der Waals surface area (Å²) in [6.07, 6.45) is 2.04. The number of carbonyl (C=O) groups excluding carboxylic acids is 1. The molecule has 1 amide bonds. The molecule has 156 valence electrons. The molecular formula is C24H24Cl2N2OS. The molecule has 0 saturated heterocycles. The summed E-state index contributed by atoms with van der Waals surface area (Å²) in [6.45, 7) is 6.09. The van der Waals surface area contributed by atoms with Crippen LogP contribution in [0.3, 0.4) is 0 Å². The zero-order valence-corrected chi connectivity index (χ0v) is 19.4. The first kappa shape index (κ1) is 21.2. The molecule has 0 fully saturated rings. The van der Waals surface area contributed by atoms with Gasteiger partial charge in [-0.2, -0.15) is 0 Å². The lowest BCUT2D eigenvalue weighted by Gasteiger charge is -2.30. The van der Waals surface area contributed by atoms with Gasteiger partial charge in [0.25, 0.3) is 0 Å². The third kappa shape index (κ3) is 4.66. The number of amides is 1. The van der Waals surface area contributed by atoms with E-state index in [2.05, 4.69) is 47.6 Å². The van der Waals surface area contributed by atoms with Crippen LogP contribution < -0.4 is 10.2 Å². The largest absolute Gasteiger partial charge is 0.367 e. The third-order valence-electron chi connectivity index (χ3n) is 5.59. The highest BCUT2D eigenvalue weighted by Gasteiger charge is 2.19.